The third kappa shape index (κ3) is 4.01. The predicted molar refractivity (Wildman–Crippen MR) is 66.3 cm³/mol. The second-order valence-electron chi connectivity index (χ2n) is 4.40. The van der Waals surface area contributed by atoms with E-state index in [0.29, 0.717) is 5.82 Å². The first-order chi connectivity index (χ1) is 8.54. The molecule has 2 heterocycles. The fourth-order valence-electron chi connectivity index (χ4n) is 1.78. The first-order valence-electron chi connectivity index (χ1n) is 5.92. The van der Waals surface area contributed by atoms with E-state index >= 15 is 0 Å². The van der Waals surface area contributed by atoms with Gasteiger partial charge in [0.2, 0.25) is 10.0 Å². The summed E-state index contributed by atoms with van der Waals surface area (Å²) >= 11 is 0. The number of sulfonamides is 1. The Hall–Kier alpha value is -1.05. The molecule has 1 atom stereocenters. The molecular formula is C11H17N3O3S. The van der Waals surface area contributed by atoms with Gasteiger partial charge in [-0.25, -0.2) is 23.1 Å². The van der Waals surface area contributed by atoms with Crippen molar-refractivity contribution in [3.8, 4) is 0 Å². The highest BCUT2D eigenvalue weighted by molar-refractivity contribution is 7.88. The van der Waals surface area contributed by atoms with Gasteiger partial charge in [0.15, 0.2) is 5.82 Å². The lowest BCUT2D eigenvalue weighted by atomic mass is 10.1. The summed E-state index contributed by atoms with van der Waals surface area (Å²) in [6, 6.07) is 0. The Morgan fingerprint density at radius 1 is 1.39 bits per heavy atom. The molecule has 1 saturated heterocycles. The van der Waals surface area contributed by atoms with Gasteiger partial charge < -0.3 is 4.74 Å². The molecule has 0 radical (unpaired) electrons. The van der Waals surface area contributed by atoms with Crippen LogP contribution in [0.2, 0.25) is 0 Å². The molecule has 6 nitrogen and oxygen atoms in total. The lowest BCUT2D eigenvalue weighted by Gasteiger charge is -2.21. The molecule has 2 rings (SSSR count). The van der Waals surface area contributed by atoms with E-state index in [1.165, 1.54) is 0 Å². The van der Waals surface area contributed by atoms with Crippen molar-refractivity contribution in [3.63, 3.8) is 0 Å². The predicted octanol–water partition coefficient (Wildman–Crippen LogP) is 0.767. The van der Waals surface area contributed by atoms with Crippen LogP contribution in [0.5, 0.6) is 0 Å². The Morgan fingerprint density at radius 3 is 2.67 bits per heavy atom. The maximum Gasteiger partial charge on any atom is 0.209 e. The maximum absolute atomic E-state index is 10.9. The zero-order chi connectivity index (χ0) is 13.0. The van der Waals surface area contributed by atoms with Crippen LogP contribution in [0, 0.1) is 0 Å². The zero-order valence-electron chi connectivity index (χ0n) is 10.3. The van der Waals surface area contributed by atoms with Crippen molar-refractivity contribution in [1.29, 1.82) is 0 Å². The van der Waals surface area contributed by atoms with Crippen molar-refractivity contribution in [2.24, 2.45) is 0 Å². The van der Waals surface area contributed by atoms with Crippen LogP contribution in [0.1, 0.15) is 36.8 Å². The van der Waals surface area contributed by atoms with Crippen LogP contribution in [0.15, 0.2) is 12.4 Å². The van der Waals surface area contributed by atoms with Gasteiger partial charge in [0.25, 0.3) is 0 Å². The van der Waals surface area contributed by atoms with Gasteiger partial charge in [-0.2, -0.15) is 0 Å². The Morgan fingerprint density at radius 2 is 2.11 bits per heavy atom. The summed E-state index contributed by atoms with van der Waals surface area (Å²) in [6.07, 6.45) is 7.55. The third-order valence-corrected chi connectivity index (χ3v) is 3.40. The van der Waals surface area contributed by atoms with Gasteiger partial charge in [0, 0.05) is 31.1 Å². The first kappa shape index (κ1) is 13.4. The topological polar surface area (TPSA) is 81.2 Å². The third-order valence-electron chi connectivity index (χ3n) is 2.73. The van der Waals surface area contributed by atoms with Gasteiger partial charge in [-0.15, -0.1) is 0 Å². The van der Waals surface area contributed by atoms with E-state index in [9.17, 15) is 8.42 Å². The van der Waals surface area contributed by atoms with Gasteiger partial charge in [0.1, 0.15) is 6.10 Å². The summed E-state index contributed by atoms with van der Waals surface area (Å²) in [5, 5.41) is 0. The maximum atomic E-state index is 10.9. The molecule has 0 amide bonds. The number of hydrogen-bond acceptors (Lipinski definition) is 5. The van der Waals surface area contributed by atoms with E-state index in [1.54, 1.807) is 12.4 Å². The number of aromatic nitrogens is 2. The Labute approximate surface area is 107 Å². The largest absolute Gasteiger partial charge is 0.370 e. The van der Waals surface area contributed by atoms with Crippen molar-refractivity contribution in [2.45, 2.75) is 31.9 Å². The number of rotatable bonds is 4. The molecule has 1 aromatic rings. The molecule has 0 saturated carbocycles. The van der Waals surface area contributed by atoms with Crippen LogP contribution in [-0.4, -0.2) is 31.2 Å². The van der Waals surface area contributed by atoms with Crippen LogP contribution in [0.4, 0.5) is 0 Å². The molecule has 7 heteroatoms. The average Bonchev–Trinajstić information content (AvgIpc) is 2.37. The molecule has 1 aromatic heterocycles. The van der Waals surface area contributed by atoms with Crippen LogP contribution in [0.3, 0.4) is 0 Å². The summed E-state index contributed by atoms with van der Waals surface area (Å²) in [5.41, 5.74) is 0.736. The van der Waals surface area contributed by atoms with Crippen LogP contribution >= 0.6 is 0 Å². The number of ether oxygens (including phenoxy) is 1. The lowest BCUT2D eigenvalue weighted by Crippen LogP contribution is -2.21. The van der Waals surface area contributed by atoms with E-state index in [-0.39, 0.29) is 12.6 Å². The van der Waals surface area contributed by atoms with E-state index in [0.717, 1.165) is 37.7 Å². The molecule has 18 heavy (non-hydrogen) atoms. The minimum absolute atomic E-state index is 0.0179. The fourth-order valence-corrected chi connectivity index (χ4v) is 2.21. The standard InChI is InChI=1S/C11H17N3O3S/c1-18(15,16)14-8-9-6-12-11(13-7-9)10-4-2-3-5-17-10/h6-7,10,14H,2-5,8H2,1H3/t10-/m1/s1. The summed E-state index contributed by atoms with van der Waals surface area (Å²) < 4.78 is 29.9. The van der Waals surface area contributed by atoms with E-state index in [2.05, 4.69) is 14.7 Å². The molecule has 1 aliphatic rings. The molecule has 1 N–H and O–H groups in total. The van der Waals surface area contributed by atoms with Crippen molar-refractivity contribution >= 4 is 10.0 Å². The van der Waals surface area contributed by atoms with Crippen LogP contribution < -0.4 is 4.72 Å². The first-order valence-corrected chi connectivity index (χ1v) is 7.81. The van der Waals surface area contributed by atoms with E-state index < -0.39 is 10.0 Å². The number of hydrogen-bond donors (Lipinski definition) is 1. The van der Waals surface area contributed by atoms with Crippen LogP contribution in [0.25, 0.3) is 0 Å². The Kier molecular flexibility index (Phi) is 4.26. The molecule has 0 aliphatic carbocycles. The van der Waals surface area contributed by atoms with Gasteiger partial charge in [-0.3, -0.25) is 0 Å². The minimum Gasteiger partial charge on any atom is -0.370 e. The normalized spacial score (nSPS) is 20.8. The number of nitrogens with zero attached hydrogens (tertiary/aromatic N) is 2. The van der Waals surface area contributed by atoms with Gasteiger partial charge in [0.05, 0.1) is 6.26 Å². The van der Waals surface area contributed by atoms with Crippen molar-refractivity contribution in [2.75, 3.05) is 12.9 Å². The van der Waals surface area contributed by atoms with E-state index in [4.69, 9.17) is 4.74 Å². The highest BCUT2D eigenvalue weighted by atomic mass is 32.2. The second-order valence-corrected chi connectivity index (χ2v) is 6.23. The summed E-state index contributed by atoms with van der Waals surface area (Å²) in [4.78, 5) is 8.46. The summed E-state index contributed by atoms with van der Waals surface area (Å²) in [5.74, 6) is 0.679. The summed E-state index contributed by atoms with van der Waals surface area (Å²) in [7, 11) is -3.18. The minimum atomic E-state index is -3.18. The highest BCUT2D eigenvalue weighted by Crippen LogP contribution is 2.24. The molecule has 1 fully saturated rings. The zero-order valence-corrected chi connectivity index (χ0v) is 11.1. The number of nitrogens with one attached hydrogen (secondary N) is 1. The monoisotopic (exact) mass is 271 g/mol. The summed E-state index contributed by atoms with van der Waals surface area (Å²) in [6.45, 7) is 0.968. The van der Waals surface area contributed by atoms with Crippen molar-refractivity contribution in [3.05, 3.63) is 23.8 Å². The lowest BCUT2D eigenvalue weighted by molar-refractivity contribution is 0.00940. The van der Waals surface area contributed by atoms with Crippen molar-refractivity contribution < 1.29 is 13.2 Å². The molecule has 0 unspecified atom stereocenters. The molecule has 1 aliphatic heterocycles. The SMILES string of the molecule is CS(=O)(=O)NCc1cnc([C@H]2CCCCO2)nc1. The fraction of sp³-hybridized carbons (Fsp3) is 0.636. The smallest absolute Gasteiger partial charge is 0.209 e. The van der Waals surface area contributed by atoms with E-state index in [1.807, 2.05) is 0 Å². The second kappa shape index (κ2) is 5.73. The van der Waals surface area contributed by atoms with Gasteiger partial charge in [-0.05, 0) is 19.3 Å². The highest BCUT2D eigenvalue weighted by Gasteiger charge is 2.18. The Bertz CT molecular complexity index is 481. The Balaban J connectivity index is 1.96. The van der Waals surface area contributed by atoms with Crippen LogP contribution in [-0.2, 0) is 21.3 Å². The molecule has 0 aromatic carbocycles. The van der Waals surface area contributed by atoms with Crippen molar-refractivity contribution in [1.82, 2.24) is 14.7 Å². The van der Waals surface area contributed by atoms with Gasteiger partial charge in [-0.1, -0.05) is 0 Å². The average molecular weight is 271 g/mol. The molecular weight excluding hydrogens is 254 g/mol. The molecule has 0 spiro atoms. The molecule has 100 valence electrons. The molecule has 0 bridgehead atoms. The van der Waals surface area contributed by atoms with Gasteiger partial charge >= 0.3 is 0 Å². The quantitative estimate of drug-likeness (QED) is 0.874.